The van der Waals surface area contributed by atoms with Crippen molar-refractivity contribution < 1.29 is 14.3 Å². The summed E-state index contributed by atoms with van der Waals surface area (Å²) in [6, 6.07) is 14.9. The minimum absolute atomic E-state index is 0.0839. The number of aryl methyl sites for hydroxylation is 2. The van der Waals surface area contributed by atoms with Crippen LogP contribution in [0.3, 0.4) is 0 Å². The highest BCUT2D eigenvalue weighted by Crippen LogP contribution is 2.16. The molecule has 3 aromatic rings. The zero-order valence-corrected chi connectivity index (χ0v) is 16.2. The van der Waals surface area contributed by atoms with Gasteiger partial charge in [0.15, 0.2) is 0 Å². The summed E-state index contributed by atoms with van der Waals surface area (Å²) in [7, 11) is 1.61. The van der Waals surface area contributed by atoms with E-state index in [4.69, 9.17) is 9.47 Å². The molecule has 148 valence electrons. The molecular formula is C21H25N3O4. The lowest BCUT2D eigenvalue weighted by Gasteiger charge is -2.09. The normalized spacial score (nSPS) is 10.8. The number of hydrogen-bond donors (Lipinski definition) is 1. The van der Waals surface area contributed by atoms with Crippen molar-refractivity contribution in [2.24, 2.45) is 0 Å². The average molecular weight is 383 g/mol. The molecule has 2 aromatic carbocycles. The van der Waals surface area contributed by atoms with Crippen LogP contribution in [-0.2, 0) is 17.9 Å². The molecule has 1 heterocycles. The van der Waals surface area contributed by atoms with Crippen LogP contribution in [0.5, 0.6) is 11.5 Å². The molecule has 0 aliphatic rings. The molecule has 7 heteroatoms. The molecule has 0 spiro atoms. The lowest BCUT2D eigenvalue weighted by Crippen LogP contribution is -2.30. The first-order valence-electron chi connectivity index (χ1n) is 9.35. The summed E-state index contributed by atoms with van der Waals surface area (Å²) < 4.78 is 14.1. The zero-order valence-electron chi connectivity index (χ0n) is 16.2. The van der Waals surface area contributed by atoms with Gasteiger partial charge < -0.3 is 14.8 Å². The smallest absolute Gasteiger partial charge is 0.329 e. The molecule has 0 atom stereocenters. The molecule has 7 nitrogen and oxygen atoms in total. The number of para-hydroxylation sites is 2. The van der Waals surface area contributed by atoms with Crippen molar-refractivity contribution in [3.05, 3.63) is 59.0 Å². The zero-order chi connectivity index (χ0) is 19.9. The van der Waals surface area contributed by atoms with Crippen LogP contribution < -0.4 is 20.5 Å². The van der Waals surface area contributed by atoms with E-state index in [1.54, 1.807) is 16.2 Å². The van der Waals surface area contributed by atoms with Crippen LogP contribution in [0.2, 0.25) is 0 Å². The Morgan fingerprint density at radius 2 is 1.64 bits per heavy atom. The summed E-state index contributed by atoms with van der Waals surface area (Å²) in [4.78, 5) is 24.7. The molecule has 3 rings (SSSR count). The van der Waals surface area contributed by atoms with Crippen LogP contribution in [0.4, 0.5) is 0 Å². The monoisotopic (exact) mass is 383 g/mol. The Morgan fingerprint density at radius 3 is 2.29 bits per heavy atom. The van der Waals surface area contributed by atoms with Gasteiger partial charge in [-0.15, -0.1) is 0 Å². The number of hydrogen-bond acceptors (Lipinski definition) is 4. The summed E-state index contributed by atoms with van der Waals surface area (Å²) in [5.41, 5.74) is 1.66. The van der Waals surface area contributed by atoms with Gasteiger partial charge in [0.05, 0.1) is 24.7 Å². The second-order valence-electron chi connectivity index (χ2n) is 6.29. The number of amides is 1. The van der Waals surface area contributed by atoms with Gasteiger partial charge in [-0.2, -0.15) is 0 Å². The maximum Gasteiger partial charge on any atom is 0.329 e. The van der Waals surface area contributed by atoms with E-state index in [1.165, 1.54) is 0 Å². The number of carbonyl (C=O) groups excluding carboxylic acids is 1. The first-order chi connectivity index (χ1) is 13.6. The Hall–Kier alpha value is -3.22. The number of aromatic nitrogens is 2. The number of benzene rings is 2. The Bertz CT molecular complexity index is 989. The van der Waals surface area contributed by atoms with Crippen molar-refractivity contribution in [3.63, 3.8) is 0 Å². The van der Waals surface area contributed by atoms with Crippen LogP contribution in [0.25, 0.3) is 11.0 Å². The van der Waals surface area contributed by atoms with Crippen LogP contribution in [0.1, 0.15) is 13.3 Å². The second-order valence-corrected chi connectivity index (χ2v) is 6.29. The number of nitrogens with one attached hydrogen (secondary N) is 1. The predicted molar refractivity (Wildman–Crippen MR) is 108 cm³/mol. The quantitative estimate of drug-likeness (QED) is 0.576. The van der Waals surface area contributed by atoms with E-state index in [-0.39, 0.29) is 18.0 Å². The third-order valence-electron chi connectivity index (χ3n) is 4.56. The highest BCUT2D eigenvalue weighted by Gasteiger charge is 2.12. The highest BCUT2D eigenvalue weighted by molar-refractivity contribution is 5.78. The summed E-state index contributed by atoms with van der Waals surface area (Å²) in [6.45, 7) is 3.65. The van der Waals surface area contributed by atoms with E-state index in [1.807, 2.05) is 55.5 Å². The predicted octanol–water partition coefficient (Wildman–Crippen LogP) is 2.42. The van der Waals surface area contributed by atoms with E-state index >= 15 is 0 Å². The largest absolute Gasteiger partial charge is 0.497 e. The number of carbonyl (C=O) groups is 1. The Kier molecular flexibility index (Phi) is 6.37. The molecule has 0 radical (unpaired) electrons. The molecule has 0 saturated carbocycles. The van der Waals surface area contributed by atoms with Gasteiger partial charge in [-0.1, -0.05) is 12.1 Å². The van der Waals surface area contributed by atoms with Crippen LogP contribution in [0.15, 0.2) is 53.3 Å². The number of ether oxygens (including phenoxy) is 2. The van der Waals surface area contributed by atoms with E-state index in [0.717, 1.165) is 16.8 Å². The number of rotatable bonds is 9. The Labute approximate surface area is 163 Å². The van der Waals surface area contributed by atoms with E-state index in [2.05, 4.69) is 5.32 Å². The van der Waals surface area contributed by atoms with Gasteiger partial charge in [0.1, 0.15) is 18.1 Å². The van der Waals surface area contributed by atoms with Crippen molar-refractivity contribution in [2.75, 3.05) is 20.3 Å². The molecule has 0 saturated heterocycles. The van der Waals surface area contributed by atoms with Crippen LogP contribution in [0, 0.1) is 0 Å². The summed E-state index contributed by atoms with van der Waals surface area (Å²) in [6.07, 6.45) is 0.236. The molecule has 0 aliphatic carbocycles. The number of fused-ring (bicyclic) bond motifs is 1. The van der Waals surface area contributed by atoms with Crippen molar-refractivity contribution in [1.29, 1.82) is 0 Å². The van der Waals surface area contributed by atoms with Gasteiger partial charge in [0, 0.05) is 19.5 Å². The van der Waals surface area contributed by atoms with E-state index in [0.29, 0.717) is 32.0 Å². The first kappa shape index (κ1) is 19.5. The average Bonchev–Trinajstić information content (AvgIpc) is 3.00. The third kappa shape index (κ3) is 4.36. The Balaban J connectivity index is 1.49. The molecule has 28 heavy (non-hydrogen) atoms. The maximum atomic E-state index is 12.6. The fourth-order valence-corrected chi connectivity index (χ4v) is 3.13. The van der Waals surface area contributed by atoms with Gasteiger partial charge in [-0.05, 0) is 43.3 Å². The SMILES string of the molecule is CCn1c(=O)n(CCC(=O)NCCOc2ccc(OC)cc2)c2ccccc21. The number of nitrogens with zero attached hydrogens (tertiary/aromatic N) is 2. The van der Waals surface area contributed by atoms with Crippen molar-refractivity contribution in [2.45, 2.75) is 26.4 Å². The van der Waals surface area contributed by atoms with Gasteiger partial charge in [0.2, 0.25) is 5.91 Å². The van der Waals surface area contributed by atoms with Gasteiger partial charge >= 0.3 is 5.69 Å². The number of methoxy groups -OCH3 is 1. The minimum atomic E-state index is -0.112. The fourth-order valence-electron chi connectivity index (χ4n) is 3.13. The Morgan fingerprint density at radius 1 is 1.00 bits per heavy atom. The molecule has 0 fully saturated rings. The fraction of sp³-hybridized carbons (Fsp3) is 0.333. The maximum absolute atomic E-state index is 12.6. The van der Waals surface area contributed by atoms with Crippen molar-refractivity contribution >= 4 is 16.9 Å². The molecule has 0 bridgehead atoms. The first-order valence-corrected chi connectivity index (χ1v) is 9.35. The standard InChI is InChI=1S/C21H25N3O4/c1-3-23-18-6-4-5-7-19(18)24(21(23)26)14-12-20(25)22-13-15-28-17-10-8-16(27-2)9-11-17/h4-11H,3,12-15H2,1-2H3,(H,22,25). The summed E-state index contributed by atoms with van der Waals surface area (Å²) >= 11 is 0. The number of imidazole rings is 1. The topological polar surface area (TPSA) is 74.5 Å². The molecule has 1 aromatic heterocycles. The van der Waals surface area contributed by atoms with Gasteiger partial charge in [-0.3, -0.25) is 13.9 Å². The minimum Gasteiger partial charge on any atom is -0.497 e. The van der Waals surface area contributed by atoms with Crippen LogP contribution in [-0.4, -0.2) is 35.3 Å². The third-order valence-corrected chi connectivity index (χ3v) is 4.56. The van der Waals surface area contributed by atoms with Crippen LogP contribution >= 0.6 is 0 Å². The van der Waals surface area contributed by atoms with E-state index in [9.17, 15) is 9.59 Å². The molecule has 1 amide bonds. The lowest BCUT2D eigenvalue weighted by atomic mass is 10.3. The van der Waals surface area contributed by atoms with Crippen molar-refractivity contribution in [3.8, 4) is 11.5 Å². The van der Waals surface area contributed by atoms with Gasteiger partial charge in [-0.25, -0.2) is 4.79 Å². The summed E-state index contributed by atoms with van der Waals surface area (Å²) in [5, 5.41) is 2.82. The molecule has 1 N–H and O–H groups in total. The molecular weight excluding hydrogens is 358 g/mol. The molecule has 0 aliphatic heterocycles. The second kappa shape index (κ2) is 9.12. The summed E-state index contributed by atoms with van der Waals surface area (Å²) in [5.74, 6) is 1.37. The highest BCUT2D eigenvalue weighted by atomic mass is 16.5. The lowest BCUT2D eigenvalue weighted by molar-refractivity contribution is -0.121. The van der Waals surface area contributed by atoms with E-state index < -0.39 is 0 Å². The molecule has 0 unspecified atom stereocenters. The van der Waals surface area contributed by atoms with Gasteiger partial charge in [0.25, 0.3) is 0 Å². The van der Waals surface area contributed by atoms with Crippen molar-refractivity contribution in [1.82, 2.24) is 14.5 Å².